The number of carboxylic acid groups (broad SMARTS) is 1. The van der Waals surface area contributed by atoms with Crippen molar-refractivity contribution in [3.63, 3.8) is 0 Å². The molecule has 1 rings (SSSR count). The second kappa shape index (κ2) is 5.64. The molecule has 0 radical (unpaired) electrons. The first kappa shape index (κ1) is 14.2. The van der Waals surface area contributed by atoms with E-state index in [1.54, 1.807) is 12.1 Å². The van der Waals surface area contributed by atoms with Crippen LogP contribution in [0.1, 0.15) is 37.0 Å². The number of nitrogens with one attached hydrogen (secondary N) is 1. The quantitative estimate of drug-likeness (QED) is 0.743. The Morgan fingerprint density at radius 1 is 1.33 bits per heavy atom. The fraction of sp³-hybridized carbons (Fsp3) is 0.385. The van der Waals surface area contributed by atoms with E-state index in [4.69, 9.17) is 10.8 Å². The number of amides is 1. The average Bonchev–Trinajstić information content (AvgIpc) is 2.38. The van der Waals surface area contributed by atoms with Crippen LogP contribution in [0.5, 0.6) is 0 Å². The van der Waals surface area contributed by atoms with E-state index in [2.05, 4.69) is 5.32 Å². The van der Waals surface area contributed by atoms with Gasteiger partial charge in [0.05, 0.1) is 11.1 Å². The van der Waals surface area contributed by atoms with Crippen LogP contribution < -0.4 is 11.1 Å². The number of carboxylic acids is 1. The number of benzene rings is 1. The lowest BCUT2D eigenvalue weighted by molar-refractivity contribution is -0.121. The molecule has 1 aromatic rings. The fourth-order valence-electron chi connectivity index (χ4n) is 1.56. The average molecular weight is 250 g/mol. The van der Waals surface area contributed by atoms with Crippen LogP contribution >= 0.6 is 0 Å². The molecule has 0 aliphatic rings. The molecule has 98 valence electrons. The van der Waals surface area contributed by atoms with Gasteiger partial charge in [0.1, 0.15) is 0 Å². The Bertz CT molecular complexity index is 453. The number of hydrogen-bond acceptors (Lipinski definition) is 3. The summed E-state index contributed by atoms with van der Waals surface area (Å²) < 4.78 is 0. The number of carbonyl (C=O) groups is 2. The van der Waals surface area contributed by atoms with Crippen molar-refractivity contribution in [2.45, 2.75) is 32.2 Å². The molecule has 0 aromatic heterocycles. The Morgan fingerprint density at radius 2 is 1.94 bits per heavy atom. The summed E-state index contributed by atoms with van der Waals surface area (Å²) in [7, 11) is 0. The number of carbonyl (C=O) groups excluding carboxylic acids is 1. The second-order valence-electron chi connectivity index (χ2n) is 4.20. The Kier molecular flexibility index (Phi) is 4.44. The molecule has 0 aliphatic heterocycles. The maximum absolute atomic E-state index is 12.0. The van der Waals surface area contributed by atoms with Gasteiger partial charge in [-0.15, -0.1) is 0 Å². The Labute approximate surface area is 106 Å². The summed E-state index contributed by atoms with van der Waals surface area (Å²) in [6.07, 6.45) is 1.04. The molecular formula is C13H18N2O3. The molecule has 0 fully saturated rings. The normalized spacial score (nSPS) is 11.1. The summed E-state index contributed by atoms with van der Waals surface area (Å²) in [5.74, 6) is -1.33. The fourth-order valence-corrected chi connectivity index (χ4v) is 1.56. The van der Waals surface area contributed by atoms with Crippen LogP contribution in [0.25, 0.3) is 0 Å². The van der Waals surface area contributed by atoms with E-state index in [0.717, 1.165) is 0 Å². The summed E-state index contributed by atoms with van der Waals surface area (Å²) in [5.41, 5.74) is 5.61. The van der Waals surface area contributed by atoms with E-state index in [9.17, 15) is 9.59 Å². The van der Waals surface area contributed by atoms with Crippen LogP contribution in [-0.2, 0) is 4.79 Å². The summed E-state index contributed by atoms with van der Waals surface area (Å²) in [4.78, 5) is 22.8. The highest BCUT2D eigenvalue weighted by molar-refractivity contribution is 5.99. The predicted octanol–water partition coefficient (Wildman–Crippen LogP) is 1.84. The van der Waals surface area contributed by atoms with Crippen LogP contribution in [0.3, 0.4) is 0 Å². The maximum Gasteiger partial charge on any atom is 0.335 e. The smallest absolute Gasteiger partial charge is 0.335 e. The molecule has 0 aliphatic carbocycles. The molecular weight excluding hydrogens is 232 g/mol. The van der Waals surface area contributed by atoms with Gasteiger partial charge >= 0.3 is 5.97 Å². The van der Waals surface area contributed by atoms with E-state index in [0.29, 0.717) is 18.5 Å². The van der Waals surface area contributed by atoms with Gasteiger partial charge in [-0.25, -0.2) is 4.79 Å². The van der Waals surface area contributed by atoms with Gasteiger partial charge in [-0.3, -0.25) is 4.79 Å². The van der Waals surface area contributed by atoms with Gasteiger partial charge in [0.25, 0.3) is 0 Å². The van der Waals surface area contributed by atoms with Gasteiger partial charge < -0.3 is 16.2 Å². The molecule has 0 bridgehead atoms. The maximum atomic E-state index is 12.0. The molecule has 0 saturated heterocycles. The largest absolute Gasteiger partial charge is 0.478 e. The molecule has 5 nitrogen and oxygen atoms in total. The second-order valence-corrected chi connectivity index (χ2v) is 4.20. The van der Waals surface area contributed by atoms with Crippen molar-refractivity contribution >= 4 is 17.6 Å². The van der Waals surface area contributed by atoms with Crippen LogP contribution in [0.4, 0.5) is 5.69 Å². The summed E-state index contributed by atoms with van der Waals surface area (Å²) in [6, 6.07) is 6.09. The third-order valence-electron chi connectivity index (χ3n) is 3.08. The highest BCUT2D eigenvalue weighted by Crippen LogP contribution is 2.16. The van der Waals surface area contributed by atoms with Crippen molar-refractivity contribution in [1.29, 1.82) is 0 Å². The highest BCUT2D eigenvalue weighted by Gasteiger charge is 2.29. The molecule has 0 spiro atoms. The number of rotatable bonds is 5. The van der Waals surface area contributed by atoms with Crippen molar-refractivity contribution in [2.24, 2.45) is 5.73 Å². The zero-order valence-corrected chi connectivity index (χ0v) is 10.6. The minimum atomic E-state index is -1.03. The Morgan fingerprint density at radius 3 is 2.44 bits per heavy atom. The lowest BCUT2D eigenvalue weighted by Gasteiger charge is -2.25. The molecule has 0 atom stereocenters. The van der Waals surface area contributed by atoms with Gasteiger partial charge in [0.2, 0.25) is 5.91 Å². The van der Waals surface area contributed by atoms with Crippen LogP contribution in [0.15, 0.2) is 24.3 Å². The first-order chi connectivity index (χ1) is 8.42. The summed E-state index contributed by atoms with van der Waals surface area (Å²) in [5, 5.41) is 11.5. The van der Waals surface area contributed by atoms with E-state index in [1.165, 1.54) is 12.1 Å². The van der Waals surface area contributed by atoms with Gasteiger partial charge in [-0.05, 0) is 31.0 Å². The molecule has 0 unspecified atom stereocenters. The molecule has 5 heteroatoms. The Balaban J connectivity index is 2.88. The van der Waals surface area contributed by atoms with E-state index in [1.807, 2.05) is 13.8 Å². The van der Waals surface area contributed by atoms with E-state index < -0.39 is 11.5 Å². The van der Waals surface area contributed by atoms with Crippen molar-refractivity contribution < 1.29 is 14.7 Å². The van der Waals surface area contributed by atoms with Gasteiger partial charge in [0.15, 0.2) is 0 Å². The standard InChI is InChI=1S/C13H18N2O3/c1-3-13(14,4-2)12(18)15-10-7-5-6-9(8-10)11(16)17/h5-8H,3-4,14H2,1-2H3,(H,15,18)(H,16,17). The highest BCUT2D eigenvalue weighted by atomic mass is 16.4. The molecule has 18 heavy (non-hydrogen) atoms. The van der Waals surface area contributed by atoms with E-state index >= 15 is 0 Å². The third-order valence-corrected chi connectivity index (χ3v) is 3.08. The minimum Gasteiger partial charge on any atom is -0.478 e. The number of anilines is 1. The Hall–Kier alpha value is -1.88. The monoisotopic (exact) mass is 250 g/mol. The number of hydrogen-bond donors (Lipinski definition) is 3. The van der Waals surface area contributed by atoms with Crippen molar-refractivity contribution in [3.05, 3.63) is 29.8 Å². The SMILES string of the molecule is CCC(N)(CC)C(=O)Nc1cccc(C(=O)O)c1. The predicted molar refractivity (Wildman–Crippen MR) is 69.5 cm³/mol. The number of nitrogens with two attached hydrogens (primary N) is 1. The molecule has 0 heterocycles. The first-order valence-corrected chi connectivity index (χ1v) is 5.86. The van der Waals surface area contributed by atoms with Crippen molar-refractivity contribution in [1.82, 2.24) is 0 Å². The lowest BCUT2D eigenvalue weighted by Crippen LogP contribution is -2.50. The third kappa shape index (κ3) is 3.07. The van der Waals surface area contributed by atoms with Crippen LogP contribution in [-0.4, -0.2) is 22.5 Å². The minimum absolute atomic E-state index is 0.128. The molecule has 1 aromatic carbocycles. The lowest BCUT2D eigenvalue weighted by atomic mass is 9.93. The first-order valence-electron chi connectivity index (χ1n) is 5.86. The number of aromatic carboxylic acids is 1. The van der Waals surface area contributed by atoms with Gasteiger partial charge in [0, 0.05) is 5.69 Å². The van der Waals surface area contributed by atoms with Gasteiger partial charge in [-0.2, -0.15) is 0 Å². The zero-order valence-electron chi connectivity index (χ0n) is 10.6. The van der Waals surface area contributed by atoms with Crippen molar-refractivity contribution in [2.75, 3.05) is 5.32 Å². The summed E-state index contributed by atoms with van der Waals surface area (Å²) in [6.45, 7) is 3.69. The molecule has 1 amide bonds. The van der Waals surface area contributed by atoms with E-state index in [-0.39, 0.29) is 11.5 Å². The van der Waals surface area contributed by atoms with Crippen LogP contribution in [0, 0.1) is 0 Å². The van der Waals surface area contributed by atoms with Crippen LogP contribution in [0.2, 0.25) is 0 Å². The topological polar surface area (TPSA) is 92.4 Å². The van der Waals surface area contributed by atoms with Gasteiger partial charge in [-0.1, -0.05) is 19.9 Å². The molecule has 4 N–H and O–H groups in total. The van der Waals surface area contributed by atoms with Crippen molar-refractivity contribution in [3.8, 4) is 0 Å². The summed E-state index contributed by atoms with van der Waals surface area (Å²) >= 11 is 0. The zero-order chi connectivity index (χ0) is 13.8. The molecule has 0 saturated carbocycles.